The standard InChI is InChI=1S/C25H21FN2O3/c1-16(18-10-12-20(26)13-11-18)27(2)23(29)19-7-5-6-17(14-19)15-28-24(30)21-8-3-4-9-22(21)25(28)31/h3-14,16H,15H2,1-2H3. The number of benzene rings is 3. The Morgan fingerprint density at radius 1 is 0.935 bits per heavy atom. The molecule has 0 N–H and O–H groups in total. The molecule has 0 saturated heterocycles. The van der Waals surface area contributed by atoms with Crippen molar-refractivity contribution in [3.8, 4) is 0 Å². The summed E-state index contributed by atoms with van der Waals surface area (Å²) in [6.45, 7) is 1.96. The Kier molecular flexibility index (Phi) is 5.38. The summed E-state index contributed by atoms with van der Waals surface area (Å²) in [5.74, 6) is -1.20. The van der Waals surface area contributed by atoms with Crippen molar-refractivity contribution < 1.29 is 18.8 Å². The maximum atomic E-state index is 13.2. The van der Waals surface area contributed by atoms with Gasteiger partial charge in [0.25, 0.3) is 17.7 Å². The lowest BCUT2D eigenvalue weighted by Crippen LogP contribution is -2.30. The fourth-order valence-corrected chi connectivity index (χ4v) is 3.71. The highest BCUT2D eigenvalue weighted by Crippen LogP contribution is 2.25. The molecule has 0 aromatic heterocycles. The summed E-state index contributed by atoms with van der Waals surface area (Å²) in [5, 5.41) is 0. The summed E-state index contributed by atoms with van der Waals surface area (Å²) in [5.41, 5.74) is 2.74. The van der Waals surface area contributed by atoms with Crippen LogP contribution in [0.25, 0.3) is 0 Å². The Morgan fingerprint density at radius 3 is 2.16 bits per heavy atom. The number of rotatable bonds is 5. The van der Waals surface area contributed by atoms with Crippen LogP contribution in [0, 0.1) is 5.82 Å². The minimum absolute atomic E-state index is 0.0880. The van der Waals surface area contributed by atoms with Gasteiger partial charge in [-0.2, -0.15) is 0 Å². The topological polar surface area (TPSA) is 57.7 Å². The van der Waals surface area contributed by atoms with Crippen molar-refractivity contribution in [2.75, 3.05) is 7.05 Å². The van der Waals surface area contributed by atoms with Crippen molar-refractivity contribution in [1.29, 1.82) is 0 Å². The first-order valence-corrected chi connectivity index (χ1v) is 9.93. The fraction of sp³-hybridized carbons (Fsp3) is 0.160. The molecule has 0 aliphatic carbocycles. The third kappa shape index (κ3) is 3.84. The average molecular weight is 416 g/mol. The van der Waals surface area contributed by atoms with E-state index >= 15 is 0 Å². The fourth-order valence-electron chi connectivity index (χ4n) is 3.71. The third-order valence-corrected chi connectivity index (χ3v) is 5.65. The Bertz CT molecular complexity index is 1140. The molecule has 156 valence electrons. The van der Waals surface area contributed by atoms with E-state index in [1.54, 1.807) is 72.6 Å². The van der Waals surface area contributed by atoms with E-state index in [1.807, 2.05) is 6.92 Å². The van der Waals surface area contributed by atoms with Crippen molar-refractivity contribution in [3.63, 3.8) is 0 Å². The molecule has 0 fully saturated rings. The Labute approximate surface area is 179 Å². The van der Waals surface area contributed by atoms with Crippen LogP contribution in [0.1, 0.15) is 55.2 Å². The van der Waals surface area contributed by atoms with Crippen LogP contribution in [-0.4, -0.2) is 34.6 Å². The normalized spacial score (nSPS) is 13.8. The quantitative estimate of drug-likeness (QED) is 0.577. The van der Waals surface area contributed by atoms with E-state index in [0.717, 1.165) is 5.56 Å². The molecule has 4 rings (SSSR count). The van der Waals surface area contributed by atoms with Crippen LogP contribution in [0.2, 0.25) is 0 Å². The van der Waals surface area contributed by atoms with Gasteiger partial charge in [-0.15, -0.1) is 0 Å². The second-order valence-electron chi connectivity index (χ2n) is 7.59. The lowest BCUT2D eigenvalue weighted by Gasteiger charge is -2.26. The highest BCUT2D eigenvalue weighted by atomic mass is 19.1. The lowest BCUT2D eigenvalue weighted by atomic mass is 10.0. The van der Waals surface area contributed by atoms with Gasteiger partial charge in [0.05, 0.1) is 23.7 Å². The lowest BCUT2D eigenvalue weighted by molar-refractivity contribution is 0.0642. The number of halogens is 1. The van der Waals surface area contributed by atoms with E-state index in [2.05, 4.69) is 0 Å². The molecule has 1 heterocycles. The Balaban J connectivity index is 1.52. The van der Waals surface area contributed by atoms with E-state index in [1.165, 1.54) is 17.0 Å². The van der Waals surface area contributed by atoms with Crippen molar-refractivity contribution in [3.05, 3.63) is 106 Å². The van der Waals surface area contributed by atoms with Crippen LogP contribution in [0.15, 0.2) is 72.8 Å². The number of amides is 3. The first-order valence-electron chi connectivity index (χ1n) is 9.93. The molecule has 0 saturated carbocycles. The maximum absolute atomic E-state index is 13.2. The SMILES string of the molecule is CC(c1ccc(F)cc1)N(C)C(=O)c1cccc(CN2C(=O)c3ccccc3C2=O)c1. The number of fused-ring (bicyclic) bond motifs is 1. The minimum Gasteiger partial charge on any atom is -0.335 e. The molecule has 6 heteroatoms. The molecular formula is C25H21FN2O3. The predicted molar refractivity (Wildman–Crippen MR) is 114 cm³/mol. The summed E-state index contributed by atoms with van der Waals surface area (Å²) < 4.78 is 13.2. The van der Waals surface area contributed by atoms with Gasteiger partial charge in [-0.25, -0.2) is 4.39 Å². The summed E-state index contributed by atoms with van der Waals surface area (Å²) in [7, 11) is 1.69. The zero-order chi connectivity index (χ0) is 22.1. The number of carbonyl (C=O) groups excluding carboxylic acids is 3. The number of hydrogen-bond donors (Lipinski definition) is 0. The molecule has 3 aromatic rings. The van der Waals surface area contributed by atoms with E-state index in [0.29, 0.717) is 22.3 Å². The van der Waals surface area contributed by atoms with Gasteiger partial charge in [-0.05, 0) is 54.4 Å². The van der Waals surface area contributed by atoms with E-state index in [9.17, 15) is 18.8 Å². The second-order valence-corrected chi connectivity index (χ2v) is 7.59. The van der Waals surface area contributed by atoms with Crippen LogP contribution in [-0.2, 0) is 6.54 Å². The monoisotopic (exact) mass is 416 g/mol. The molecule has 1 unspecified atom stereocenters. The zero-order valence-electron chi connectivity index (χ0n) is 17.2. The van der Waals surface area contributed by atoms with Gasteiger partial charge in [-0.1, -0.05) is 36.4 Å². The third-order valence-electron chi connectivity index (χ3n) is 5.65. The summed E-state index contributed by atoms with van der Waals surface area (Å²) in [6, 6.07) is 19.4. The van der Waals surface area contributed by atoms with Gasteiger partial charge in [0.1, 0.15) is 5.82 Å². The maximum Gasteiger partial charge on any atom is 0.261 e. The molecule has 5 nitrogen and oxygen atoms in total. The largest absolute Gasteiger partial charge is 0.335 e. The van der Waals surface area contributed by atoms with E-state index in [-0.39, 0.29) is 36.1 Å². The van der Waals surface area contributed by atoms with Gasteiger partial charge in [0, 0.05) is 12.6 Å². The highest BCUT2D eigenvalue weighted by molar-refractivity contribution is 6.21. The number of imide groups is 1. The van der Waals surface area contributed by atoms with Gasteiger partial charge in [0.2, 0.25) is 0 Å². The van der Waals surface area contributed by atoms with Crippen LogP contribution < -0.4 is 0 Å². The van der Waals surface area contributed by atoms with Crippen molar-refractivity contribution in [2.45, 2.75) is 19.5 Å². The van der Waals surface area contributed by atoms with Gasteiger partial charge in [0.15, 0.2) is 0 Å². The van der Waals surface area contributed by atoms with Crippen LogP contribution in [0.3, 0.4) is 0 Å². The summed E-state index contributed by atoms with van der Waals surface area (Å²) in [6.07, 6.45) is 0. The van der Waals surface area contributed by atoms with Crippen molar-refractivity contribution in [1.82, 2.24) is 9.80 Å². The molecule has 3 aromatic carbocycles. The predicted octanol–water partition coefficient (Wildman–Crippen LogP) is 4.46. The van der Waals surface area contributed by atoms with Crippen molar-refractivity contribution >= 4 is 17.7 Å². The average Bonchev–Trinajstić information content (AvgIpc) is 3.03. The van der Waals surface area contributed by atoms with Gasteiger partial charge >= 0.3 is 0 Å². The van der Waals surface area contributed by atoms with Crippen LogP contribution in [0.5, 0.6) is 0 Å². The molecule has 1 aliphatic heterocycles. The molecule has 31 heavy (non-hydrogen) atoms. The first-order chi connectivity index (χ1) is 14.9. The highest BCUT2D eigenvalue weighted by Gasteiger charge is 2.35. The molecule has 1 atom stereocenters. The number of carbonyl (C=O) groups is 3. The van der Waals surface area contributed by atoms with Crippen LogP contribution >= 0.6 is 0 Å². The summed E-state index contributed by atoms with van der Waals surface area (Å²) in [4.78, 5) is 41.0. The molecule has 0 bridgehead atoms. The Hall–Kier alpha value is -3.80. The number of nitrogens with zero attached hydrogens (tertiary/aromatic N) is 2. The zero-order valence-corrected chi connectivity index (χ0v) is 17.2. The molecule has 1 aliphatic rings. The molecule has 0 spiro atoms. The first kappa shape index (κ1) is 20.5. The van der Waals surface area contributed by atoms with Crippen molar-refractivity contribution in [2.24, 2.45) is 0 Å². The molecule has 0 radical (unpaired) electrons. The molecular weight excluding hydrogens is 395 g/mol. The second kappa shape index (κ2) is 8.14. The Morgan fingerprint density at radius 2 is 1.55 bits per heavy atom. The van der Waals surface area contributed by atoms with E-state index in [4.69, 9.17) is 0 Å². The minimum atomic E-state index is -0.334. The van der Waals surface area contributed by atoms with Gasteiger partial charge in [-0.3, -0.25) is 19.3 Å². The number of hydrogen-bond acceptors (Lipinski definition) is 3. The molecule has 3 amide bonds. The van der Waals surface area contributed by atoms with Gasteiger partial charge < -0.3 is 4.90 Å². The summed E-state index contributed by atoms with van der Waals surface area (Å²) >= 11 is 0. The van der Waals surface area contributed by atoms with E-state index < -0.39 is 0 Å². The smallest absolute Gasteiger partial charge is 0.261 e. The van der Waals surface area contributed by atoms with Crippen LogP contribution in [0.4, 0.5) is 4.39 Å².